The van der Waals surface area contributed by atoms with Crippen molar-refractivity contribution in [3.63, 3.8) is 0 Å². The van der Waals surface area contributed by atoms with Gasteiger partial charge in [-0.2, -0.15) is 0 Å². The first-order valence-corrected chi connectivity index (χ1v) is 10.7. The topological polar surface area (TPSA) is 56.4 Å². The Labute approximate surface area is 179 Å². The molecule has 3 N–H and O–H groups in total. The van der Waals surface area contributed by atoms with E-state index in [1.807, 2.05) is 44.2 Å². The molecule has 3 rings (SSSR count). The lowest BCUT2D eigenvalue weighted by Gasteiger charge is -2.33. The number of carbonyl (C=O) groups is 1. The summed E-state index contributed by atoms with van der Waals surface area (Å²) in [5.41, 5.74) is 4.57. The van der Waals surface area contributed by atoms with E-state index in [4.69, 9.17) is 9.47 Å². The van der Waals surface area contributed by atoms with Crippen molar-refractivity contribution in [1.29, 1.82) is 0 Å². The third-order valence-corrected chi connectivity index (χ3v) is 6.21. The Morgan fingerprint density at radius 2 is 1.60 bits per heavy atom. The molecule has 0 aromatic heterocycles. The van der Waals surface area contributed by atoms with Crippen molar-refractivity contribution in [2.45, 2.75) is 33.4 Å². The largest absolute Gasteiger partial charge is 0.493 e. The first kappa shape index (κ1) is 22.1. The molecule has 6 heteroatoms. The van der Waals surface area contributed by atoms with Crippen molar-refractivity contribution in [1.82, 2.24) is 0 Å². The fraction of sp³-hybridized carbons (Fsp3) is 0.458. The zero-order valence-corrected chi connectivity index (χ0v) is 18.8. The minimum absolute atomic E-state index is 0.0596. The number of nitrogens with one attached hydrogen (secondary N) is 3. The predicted octanol–water partition coefficient (Wildman–Crippen LogP) is 0.631. The maximum Gasteiger partial charge on any atom is 0.282 e. The first-order valence-electron chi connectivity index (χ1n) is 10.7. The van der Waals surface area contributed by atoms with E-state index in [9.17, 15) is 4.79 Å². The molecule has 1 aliphatic heterocycles. The summed E-state index contributed by atoms with van der Waals surface area (Å²) in [5, 5.41) is 3.06. The zero-order valence-electron chi connectivity index (χ0n) is 18.8. The lowest BCUT2D eigenvalue weighted by molar-refractivity contribution is -1.02. The number of aryl methyl sites for hydroxylation is 2. The van der Waals surface area contributed by atoms with Gasteiger partial charge in [0.05, 0.1) is 14.2 Å². The summed E-state index contributed by atoms with van der Waals surface area (Å²) < 4.78 is 10.9. The summed E-state index contributed by atoms with van der Waals surface area (Å²) in [5.74, 6) is 1.65. The third kappa shape index (κ3) is 5.32. The lowest BCUT2D eigenvalue weighted by atomic mass is 10.1. The van der Waals surface area contributed by atoms with Crippen LogP contribution in [0.4, 0.5) is 5.69 Å². The van der Waals surface area contributed by atoms with Crippen LogP contribution in [0.15, 0.2) is 36.4 Å². The number of benzene rings is 2. The number of carbonyl (C=O) groups excluding carboxylic acids is 1. The van der Waals surface area contributed by atoms with E-state index < -0.39 is 0 Å². The quantitative estimate of drug-likeness (QED) is 0.624. The highest BCUT2D eigenvalue weighted by Crippen LogP contribution is 2.29. The van der Waals surface area contributed by atoms with Gasteiger partial charge in [0.25, 0.3) is 5.91 Å². The number of hydrogen-bond donors (Lipinski definition) is 3. The molecule has 0 saturated carbocycles. The molecule has 1 amide bonds. The van der Waals surface area contributed by atoms with Gasteiger partial charge in [0.2, 0.25) is 0 Å². The lowest BCUT2D eigenvalue weighted by Crippen LogP contribution is -3.29. The van der Waals surface area contributed by atoms with Crippen LogP contribution in [0, 0.1) is 13.8 Å². The number of hydrogen-bond acceptors (Lipinski definition) is 3. The molecular weight excluding hydrogens is 378 g/mol. The monoisotopic (exact) mass is 413 g/mol. The Hall–Kier alpha value is -2.57. The van der Waals surface area contributed by atoms with Crippen LogP contribution in [-0.2, 0) is 11.3 Å². The number of anilines is 1. The predicted molar refractivity (Wildman–Crippen MR) is 119 cm³/mol. The summed E-state index contributed by atoms with van der Waals surface area (Å²) in [6, 6.07) is 12.0. The Bertz CT molecular complexity index is 859. The Kier molecular flexibility index (Phi) is 7.34. The first-order chi connectivity index (χ1) is 14.4. The highest BCUT2D eigenvalue weighted by atomic mass is 16.5. The van der Waals surface area contributed by atoms with E-state index in [1.54, 1.807) is 19.1 Å². The van der Waals surface area contributed by atoms with E-state index in [2.05, 4.69) is 18.3 Å². The molecule has 0 radical (unpaired) electrons. The average Bonchev–Trinajstić information content (AvgIpc) is 2.76. The second-order valence-electron chi connectivity index (χ2n) is 8.30. The fourth-order valence-electron chi connectivity index (χ4n) is 4.09. The number of methoxy groups -OCH3 is 2. The van der Waals surface area contributed by atoms with E-state index in [0.29, 0.717) is 0 Å². The number of ether oxygens (including phenoxy) is 2. The minimum atomic E-state index is -0.0596. The van der Waals surface area contributed by atoms with Gasteiger partial charge in [0.15, 0.2) is 17.5 Å². The van der Waals surface area contributed by atoms with Gasteiger partial charge in [0, 0.05) is 11.3 Å². The molecule has 6 nitrogen and oxygen atoms in total. The minimum Gasteiger partial charge on any atom is -0.493 e. The van der Waals surface area contributed by atoms with Crippen molar-refractivity contribution in [2.75, 3.05) is 45.7 Å². The standard InChI is InChI=1S/C24H33N3O3/c1-17-6-8-21(9-7-17)25-24(28)19(3)27-12-10-26(11-13-27)16-20-15-23(30-5)22(29-4)14-18(20)2/h6-9,14-15,19H,10-13,16H2,1-5H3,(H,25,28)/p+2/t19-/m0/s1. The van der Waals surface area contributed by atoms with Crippen molar-refractivity contribution >= 4 is 11.6 Å². The van der Waals surface area contributed by atoms with Crippen LogP contribution in [0.25, 0.3) is 0 Å². The molecular formula is C24H35N3O3+2. The van der Waals surface area contributed by atoms with E-state index in [-0.39, 0.29) is 11.9 Å². The highest BCUT2D eigenvalue weighted by Gasteiger charge is 2.31. The average molecular weight is 414 g/mol. The normalized spacial score (nSPS) is 19.8. The number of quaternary nitrogens is 2. The van der Waals surface area contributed by atoms with Gasteiger partial charge in [-0.15, -0.1) is 0 Å². The highest BCUT2D eigenvalue weighted by molar-refractivity contribution is 5.93. The van der Waals surface area contributed by atoms with Gasteiger partial charge < -0.3 is 24.6 Å². The molecule has 2 aromatic carbocycles. The fourth-order valence-corrected chi connectivity index (χ4v) is 4.09. The number of piperazine rings is 1. The Morgan fingerprint density at radius 1 is 1.00 bits per heavy atom. The molecule has 162 valence electrons. The van der Waals surface area contributed by atoms with Gasteiger partial charge in [-0.3, -0.25) is 4.79 Å². The molecule has 0 bridgehead atoms. The van der Waals surface area contributed by atoms with Crippen LogP contribution in [0.1, 0.15) is 23.6 Å². The number of amides is 1. The van der Waals surface area contributed by atoms with Gasteiger partial charge in [-0.25, -0.2) is 0 Å². The summed E-state index contributed by atoms with van der Waals surface area (Å²) in [4.78, 5) is 15.6. The maximum atomic E-state index is 12.7. The van der Waals surface area contributed by atoms with Crippen molar-refractivity contribution < 1.29 is 24.1 Å². The van der Waals surface area contributed by atoms with Gasteiger partial charge in [-0.1, -0.05) is 17.7 Å². The molecule has 1 aliphatic rings. The summed E-state index contributed by atoms with van der Waals surface area (Å²) in [7, 11) is 3.34. The van der Waals surface area contributed by atoms with E-state index in [1.165, 1.54) is 21.6 Å². The number of rotatable bonds is 7. The van der Waals surface area contributed by atoms with Crippen LogP contribution in [0.5, 0.6) is 11.5 Å². The SMILES string of the molecule is COc1cc(C)c(C[NH+]2CC[NH+]([C@@H](C)C(=O)Nc3ccc(C)cc3)CC2)cc1OC. The van der Waals surface area contributed by atoms with Crippen molar-refractivity contribution in [3.8, 4) is 11.5 Å². The molecule has 1 fully saturated rings. The molecule has 0 spiro atoms. The molecule has 0 aliphatic carbocycles. The van der Waals surface area contributed by atoms with Gasteiger partial charge in [-0.05, 0) is 50.6 Å². The molecule has 1 heterocycles. The summed E-state index contributed by atoms with van der Waals surface area (Å²) in [6.45, 7) is 11.2. The second kappa shape index (κ2) is 9.96. The second-order valence-corrected chi connectivity index (χ2v) is 8.30. The Morgan fingerprint density at radius 3 is 2.20 bits per heavy atom. The van der Waals surface area contributed by atoms with Crippen molar-refractivity contribution in [3.05, 3.63) is 53.1 Å². The zero-order chi connectivity index (χ0) is 21.7. The smallest absolute Gasteiger partial charge is 0.282 e. The maximum absolute atomic E-state index is 12.7. The van der Waals surface area contributed by atoms with E-state index in [0.717, 1.165) is 49.9 Å². The van der Waals surface area contributed by atoms with Gasteiger partial charge in [0.1, 0.15) is 32.7 Å². The van der Waals surface area contributed by atoms with Crippen LogP contribution < -0.4 is 24.6 Å². The van der Waals surface area contributed by atoms with Crippen LogP contribution in [0.3, 0.4) is 0 Å². The molecule has 1 saturated heterocycles. The Balaban J connectivity index is 1.54. The third-order valence-electron chi connectivity index (χ3n) is 6.21. The molecule has 1 atom stereocenters. The summed E-state index contributed by atoms with van der Waals surface area (Å²) >= 11 is 0. The molecule has 0 unspecified atom stereocenters. The van der Waals surface area contributed by atoms with Crippen LogP contribution in [0.2, 0.25) is 0 Å². The van der Waals surface area contributed by atoms with Crippen LogP contribution >= 0.6 is 0 Å². The van der Waals surface area contributed by atoms with E-state index >= 15 is 0 Å². The van der Waals surface area contributed by atoms with Crippen molar-refractivity contribution in [2.24, 2.45) is 0 Å². The molecule has 30 heavy (non-hydrogen) atoms. The van der Waals surface area contributed by atoms with Crippen LogP contribution in [-0.4, -0.2) is 52.3 Å². The summed E-state index contributed by atoms with van der Waals surface area (Å²) in [6.07, 6.45) is 0. The molecule has 2 aromatic rings. The van der Waals surface area contributed by atoms with Gasteiger partial charge >= 0.3 is 0 Å².